The van der Waals surface area contributed by atoms with E-state index in [9.17, 15) is 4.79 Å². The molecule has 32 heavy (non-hydrogen) atoms. The lowest BCUT2D eigenvalue weighted by molar-refractivity contribution is -0.137. The number of likely N-dealkylation sites (tertiary alicyclic amines) is 1. The number of piperazine rings is 1. The van der Waals surface area contributed by atoms with E-state index in [1.807, 2.05) is 18.2 Å². The van der Waals surface area contributed by atoms with Gasteiger partial charge in [0.25, 0.3) is 0 Å². The number of piperidine rings is 1. The van der Waals surface area contributed by atoms with E-state index >= 15 is 0 Å². The highest BCUT2D eigenvalue weighted by molar-refractivity contribution is 6.33. The van der Waals surface area contributed by atoms with Crippen LogP contribution in [-0.4, -0.2) is 64.9 Å². The number of hydrogen-bond donors (Lipinski definition) is 1. The van der Waals surface area contributed by atoms with Gasteiger partial charge in [0.15, 0.2) is 0 Å². The van der Waals surface area contributed by atoms with Gasteiger partial charge in [-0.05, 0) is 62.7 Å². The molecule has 3 aromatic rings. The van der Waals surface area contributed by atoms with Crippen LogP contribution < -0.4 is 4.90 Å². The van der Waals surface area contributed by atoms with E-state index in [0.29, 0.717) is 5.91 Å². The summed E-state index contributed by atoms with van der Waals surface area (Å²) < 4.78 is 0. The van der Waals surface area contributed by atoms with Crippen molar-refractivity contribution in [1.29, 1.82) is 0 Å². The molecular weight excluding hydrogens is 422 g/mol. The largest absolute Gasteiger partial charge is 0.367 e. The Morgan fingerprint density at radius 3 is 2.56 bits per heavy atom. The summed E-state index contributed by atoms with van der Waals surface area (Å²) in [6.45, 7) is 7.98. The number of carbonyl (C=O) groups is 1. The number of para-hydroxylation sites is 1. The summed E-state index contributed by atoms with van der Waals surface area (Å²) in [5.74, 6) is 1.46. The minimum atomic E-state index is 0.136. The van der Waals surface area contributed by atoms with Crippen LogP contribution in [0.2, 0.25) is 5.02 Å². The summed E-state index contributed by atoms with van der Waals surface area (Å²) in [6.07, 6.45) is 1.84. The molecule has 2 aliphatic heterocycles. The summed E-state index contributed by atoms with van der Waals surface area (Å²) in [5, 5.41) is 0.777. The van der Waals surface area contributed by atoms with E-state index in [1.54, 1.807) is 0 Å². The number of aromatic amines is 1. The number of nitrogens with one attached hydrogen (secondary N) is 1. The number of aryl methyl sites for hydroxylation is 1. The maximum absolute atomic E-state index is 13.1. The molecule has 0 radical (unpaired) electrons. The number of nitrogens with zero attached hydrogens (tertiary/aromatic N) is 4. The molecule has 6 nitrogen and oxygen atoms in total. The topological polar surface area (TPSA) is 55.5 Å². The van der Waals surface area contributed by atoms with Crippen molar-refractivity contribution in [2.75, 3.05) is 44.2 Å². The Kier molecular flexibility index (Phi) is 6.07. The van der Waals surface area contributed by atoms with Crippen molar-refractivity contribution < 1.29 is 4.79 Å². The fourth-order valence-electron chi connectivity index (χ4n) is 4.94. The number of fused-ring (bicyclic) bond motifs is 1. The van der Waals surface area contributed by atoms with Gasteiger partial charge in [-0.3, -0.25) is 9.69 Å². The third-order valence-corrected chi connectivity index (χ3v) is 7.10. The van der Waals surface area contributed by atoms with Crippen LogP contribution in [0, 0.1) is 12.8 Å². The van der Waals surface area contributed by atoms with Crippen LogP contribution in [0.5, 0.6) is 0 Å². The van der Waals surface area contributed by atoms with Gasteiger partial charge < -0.3 is 14.8 Å². The van der Waals surface area contributed by atoms with E-state index in [4.69, 9.17) is 16.6 Å². The minimum Gasteiger partial charge on any atom is -0.367 e. The monoisotopic (exact) mass is 451 g/mol. The highest BCUT2D eigenvalue weighted by Gasteiger charge is 2.31. The number of carbonyl (C=O) groups excluding carboxylic acids is 1. The van der Waals surface area contributed by atoms with Crippen LogP contribution >= 0.6 is 11.6 Å². The Hall–Kier alpha value is -2.57. The Labute approximate surface area is 194 Å². The summed E-state index contributed by atoms with van der Waals surface area (Å²) in [5.41, 5.74) is 4.42. The molecule has 5 rings (SSSR count). The van der Waals surface area contributed by atoms with Crippen molar-refractivity contribution in [2.24, 2.45) is 5.92 Å². The van der Waals surface area contributed by atoms with Gasteiger partial charge in [-0.15, -0.1) is 0 Å². The van der Waals surface area contributed by atoms with E-state index in [2.05, 4.69) is 50.9 Å². The number of imidazole rings is 1. The SMILES string of the molecule is Cc1ccc2nc(CN3CCC(C(=O)N4CCN(c5ccccc5Cl)CC4)CC3)[nH]c2c1. The molecule has 1 amide bonds. The molecular formula is C25H30ClN5O. The Morgan fingerprint density at radius 1 is 1.06 bits per heavy atom. The first-order valence-electron chi connectivity index (χ1n) is 11.5. The van der Waals surface area contributed by atoms with Crippen LogP contribution in [0.3, 0.4) is 0 Å². The number of amides is 1. The second kappa shape index (κ2) is 9.12. The number of benzene rings is 2. The highest BCUT2D eigenvalue weighted by atomic mass is 35.5. The van der Waals surface area contributed by atoms with Crippen molar-refractivity contribution >= 4 is 34.2 Å². The van der Waals surface area contributed by atoms with Crippen molar-refractivity contribution in [3.8, 4) is 0 Å². The Bertz CT molecular complexity index is 1100. The first-order valence-corrected chi connectivity index (χ1v) is 11.9. The van der Waals surface area contributed by atoms with Crippen LogP contribution in [0.4, 0.5) is 5.69 Å². The van der Waals surface area contributed by atoms with Gasteiger partial charge in [-0.2, -0.15) is 0 Å². The van der Waals surface area contributed by atoms with Crippen molar-refractivity contribution in [3.63, 3.8) is 0 Å². The zero-order valence-corrected chi connectivity index (χ0v) is 19.3. The average Bonchev–Trinajstić information content (AvgIpc) is 3.21. The van der Waals surface area contributed by atoms with Crippen LogP contribution in [0.1, 0.15) is 24.2 Å². The van der Waals surface area contributed by atoms with Crippen LogP contribution in [0.15, 0.2) is 42.5 Å². The number of aromatic nitrogens is 2. The molecule has 1 N–H and O–H groups in total. The predicted molar refractivity (Wildman–Crippen MR) is 129 cm³/mol. The maximum atomic E-state index is 13.1. The molecule has 168 valence electrons. The number of H-pyrrole nitrogens is 1. The molecule has 2 aromatic carbocycles. The lowest BCUT2D eigenvalue weighted by Crippen LogP contribution is -2.51. The van der Waals surface area contributed by atoms with Gasteiger partial charge in [0.05, 0.1) is 28.3 Å². The fourth-order valence-corrected chi connectivity index (χ4v) is 5.19. The molecule has 2 aliphatic rings. The molecule has 0 saturated carbocycles. The molecule has 0 atom stereocenters. The highest BCUT2D eigenvalue weighted by Crippen LogP contribution is 2.27. The number of rotatable bonds is 4. The molecule has 0 unspecified atom stereocenters. The van der Waals surface area contributed by atoms with Crippen molar-refractivity contribution in [2.45, 2.75) is 26.3 Å². The number of hydrogen-bond acceptors (Lipinski definition) is 4. The fraction of sp³-hybridized carbons (Fsp3) is 0.440. The molecule has 2 fully saturated rings. The molecule has 0 spiro atoms. The molecule has 0 bridgehead atoms. The van der Waals surface area contributed by atoms with Crippen molar-refractivity contribution in [3.05, 3.63) is 58.9 Å². The zero-order chi connectivity index (χ0) is 22.1. The van der Waals surface area contributed by atoms with Crippen molar-refractivity contribution in [1.82, 2.24) is 19.8 Å². The van der Waals surface area contributed by atoms with E-state index in [1.165, 1.54) is 5.56 Å². The lowest BCUT2D eigenvalue weighted by atomic mass is 9.95. The molecule has 3 heterocycles. The van der Waals surface area contributed by atoms with Gasteiger partial charge in [-0.25, -0.2) is 4.98 Å². The summed E-state index contributed by atoms with van der Waals surface area (Å²) in [6, 6.07) is 14.3. The molecule has 7 heteroatoms. The lowest BCUT2D eigenvalue weighted by Gasteiger charge is -2.39. The van der Waals surface area contributed by atoms with Gasteiger partial charge >= 0.3 is 0 Å². The third-order valence-electron chi connectivity index (χ3n) is 6.78. The summed E-state index contributed by atoms with van der Waals surface area (Å²) in [4.78, 5) is 28.0. The standard InChI is InChI=1S/C25H30ClN5O/c1-18-6-7-21-22(16-18)28-24(27-21)17-29-10-8-19(9-11-29)25(32)31-14-12-30(13-15-31)23-5-3-2-4-20(23)26/h2-7,16,19H,8-15,17H2,1H3,(H,27,28). The summed E-state index contributed by atoms with van der Waals surface area (Å²) in [7, 11) is 0. The molecule has 0 aliphatic carbocycles. The summed E-state index contributed by atoms with van der Waals surface area (Å²) >= 11 is 6.35. The second-order valence-corrected chi connectivity index (χ2v) is 9.43. The third kappa shape index (κ3) is 4.48. The zero-order valence-electron chi connectivity index (χ0n) is 18.6. The number of halogens is 1. The van der Waals surface area contributed by atoms with Gasteiger partial charge in [0.1, 0.15) is 5.82 Å². The van der Waals surface area contributed by atoms with E-state index in [-0.39, 0.29) is 5.92 Å². The smallest absolute Gasteiger partial charge is 0.225 e. The second-order valence-electron chi connectivity index (χ2n) is 9.02. The van der Waals surface area contributed by atoms with Crippen LogP contribution in [-0.2, 0) is 11.3 Å². The maximum Gasteiger partial charge on any atom is 0.225 e. The van der Waals surface area contributed by atoms with Gasteiger partial charge in [-0.1, -0.05) is 29.8 Å². The van der Waals surface area contributed by atoms with E-state index < -0.39 is 0 Å². The number of anilines is 1. The quantitative estimate of drug-likeness (QED) is 0.649. The van der Waals surface area contributed by atoms with Gasteiger partial charge in [0.2, 0.25) is 5.91 Å². The van der Waals surface area contributed by atoms with Gasteiger partial charge in [0, 0.05) is 32.1 Å². The van der Waals surface area contributed by atoms with Crippen LogP contribution in [0.25, 0.3) is 11.0 Å². The Morgan fingerprint density at radius 2 is 1.81 bits per heavy atom. The first-order chi connectivity index (χ1) is 15.6. The molecule has 2 saturated heterocycles. The Balaban J connectivity index is 1.12. The predicted octanol–water partition coefficient (Wildman–Crippen LogP) is 4.09. The minimum absolute atomic E-state index is 0.136. The molecule has 1 aromatic heterocycles. The average molecular weight is 452 g/mol. The first kappa shape index (κ1) is 21.3. The normalized spacial score (nSPS) is 18.4. The van der Waals surface area contributed by atoms with E-state index in [0.717, 1.165) is 86.2 Å².